The lowest BCUT2D eigenvalue weighted by Gasteiger charge is -2.35. The van der Waals surface area contributed by atoms with Gasteiger partial charge in [-0.25, -0.2) is 0 Å². The van der Waals surface area contributed by atoms with E-state index in [4.69, 9.17) is 4.74 Å². The number of carbonyl (C=O) groups excluding carboxylic acids is 1. The van der Waals surface area contributed by atoms with Crippen molar-refractivity contribution in [2.75, 3.05) is 63.6 Å². The third-order valence-corrected chi connectivity index (χ3v) is 5.63. The number of rotatable bonds is 8. The van der Waals surface area contributed by atoms with Crippen LogP contribution in [0.1, 0.15) is 18.1 Å². The molecule has 2 aromatic carbocycles. The summed E-state index contributed by atoms with van der Waals surface area (Å²) in [4.78, 5) is 19.4. The van der Waals surface area contributed by atoms with Gasteiger partial charge in [-0.2, -0.15) is 0 Å². The molecule has 30 heavy (non-hydrogen) atoms. The monoisotopic (exact) mass is 410 g/mol. The molecule has 2 aromatic rings. The molecule has 0 saturated carbocycles. The first-order valence-corrected chi connectivity index (χ1v) is 10.7. The van der Waals surface area contributed by atoms with E-state index in [9.17, 15) is 4.79 Å². The maximum atomic E-state index is 12.5. The SMILES string of the molecule is CCN1CCN(c2ccc(NC(=O)CN(C)Cc3cc(C)ccc3OC)cc2)CC1. The number of hydrogen-bond acceptors (Lipinski definition) is 5. The molecule has 3 rings (SSSR count). The van der Waals surface area contributed by atoms with Crippen molar-refractivity contribution in [1.29, 1.82) is 0 Å². The zero-order chi connectivity index (χ0) is 21.5. The fourth-order valence-corrected chi connectivity index (χ4v) is 3.90. The van der Waals surface area contributed by atoms with Gasteiger partial charge >= 0.3 is 0 Å². The molecule has 6 nitrogen and oxygen atoms in total. The minimum atomic E-state index is -0.0200. The maximum absolute atomic E-state index is 12.5. The molecule has 0 aliphatic carbocycles. The second-order valence-corrected chi connectivity index (χ2v) is 8.00. The third kappa shape index (κ3) is 5.97. The van der Waals surface area contributed by atoms with Gasteiger partial charge in [0.2, 0.25) is 5.91 Å². The number of piperazine rings is 1. The van der Waals surface area contributed by atoms with Crippen LogP contribution in [0.15, 0.2) is 42.5 Å². The highest BCUT2D eigenvalue weighted by atomic mass is 16.5. The Bertz CT molecular complexity index is 830. The van der Waals surface area contributed by atoms with Crippen LogP contribution in [0.4, 0.5) is 11.4 Å². The summed E-state index contributed by atoms with van der Waals surface area (Å²) in [5, 5.41) is 3.01. The van der Waals surface area contributed by atoms with E-state index in [0.717, 1.165) is 49.7 Å². The molecule has 162 valence electrons. The normalized spacial score (nSPS) is 14.8. The van der Waals surface area contributed by atoms with Gasteiger partial charge in [0.15, 0.2) is 0 Å². The summed E-state index contributed by atoms with van der Waals surface area (Å²) in [6, 6.07) is 14.3. The van der Waals surface area contributed by atoms with Crippen LogP contribution in [0, 0.1) is 6.92 Å². The lowest BCUT2D eigenvalue weighted by atomic mass is 10.1. The van der Waals surface area contributed by atoms with Crippen molar-refractivity contribution >= 4 is 17.3 Å². The molecular formula is C24H34N4O2. The zero-order valence-corrected chi connectivity index (χ0v) is 18.6. The number of nitrogens with zero attached hydrogens (tertiary/aromatic N) is 3. The Kier molecular flexibility index (Phi) is 7.71. The number of amides is 1. The lowest BCUT2D eigenvalue weighted by Crippen LogP contribution is -2.46. The predicted molar refractivity (Wildman–Crippen MR) is 123 cm³/mol. The number of hydrogen-bond donors (Lipinski definition) is 1. The molecule has 1 saturated heterocycles. The number of likely N-dealkylation sites (N-methyl/N-ethyl adjacent to an activating group) is 2. The summed E-state index contributed by atoms with van der Waals surface area (Å²) in [5.74, 6) is 0.830. The number of carbonyl (C=O) groups is 1. The van der Waals surface area contributed by atoms with Crippen molar-refractivity contribution < 1.29 is 9.53 Å². The Morgan fingerprint density at radius 3 is 2.43 bits per heavy atom. The molecule has 1 amide bonds. The Balaban J connectivity index is 1.50. The third-order valence-electron chi connectivity index (χ3n) is 5.63. The largest absolute Gasteiger partial charge is 0.496 e. The first kappa shape index (κ1) is 22.1. The predicted octanol–water partition coefficient (Wildman–Crippen LogP) is 3.22. The summed E-state index contributed by atoms with van der Waals surface area (Å²) in [6.07, 6.45) is 0. The van der Waals surface area contributed by atoms with Crippen LogP contribution in [0.3, 0.4) is 0 Å². The zero-order valence-electron chi connectivity index (χ0n) is 18.6. The fourth-order valence-electron chi connectivity index (χ4n) is 3.90. The van der Waals surface area contributed by atoms with E-state index < -0.39 is 0 Å². The molecule has 6 heteroatoms. The molecule has 0 spiro atoms. The fraction of sp³-hybridized carbons (Fsp3) is 0.458. The Morgan fingerprint density at radius 1 is 1.10 bits per heavy atom. The number of anilines is 2. The van der Waals surface area contributed by atoms with E-state index >= 15 is 0 Å². The number of aryl methyl sites for hydroxylation is 1. The molecule has 1 aliphatic rings. The highest BCUT2D eigenvalue weighted by Gasteiger charge is 2.16. The minimum absolute atomic E-state index is 0.0200. The Labute approximate surface area is 180 Å². The van der Waals surface area contributed by atoms with Crippen LogP contribution in [0.5, 0.6) is 5.75 Å². The smallest absolute Gasteiger partial charge is 0.238 e. The van der Waals surface area contributed by atoms with E-state index in [1.54, 1.807) is 7.11 Å². The van der Waals surface area contributed by atoms with Crippen LogP contribution in [-0.2, 0) is 11.3 Å². The van der Waals surface area contributed by atoms with E-state index in [1.165, 1.54) is 11.3 Å². The van der Waals surface area contributed by atoms with Crippen molar-refractivity contribution in [1.82, 2.24) is 9.80 Å². The molecule has 1 heterocycles. The van der Waals surface area contributed by atoms with E-state index in [0.29, 0.717) is 13.1 Å². The van der Waals surface area contributed by atoms with Crippen molar-refractivity contribution in [2.24, 2.45) is 0 Å². The highest BCUT2D eigenvalue weighted by molar-refractivity contribution is 5.92. The topological polar surface area (TPSA) is 48.0 Å². The molecule has 1 aliphatic heterocycles. The molecule has 0 radical (unpaired) electrons. The summed E-state index contributed by atoms with van der Waals surface area (Å²) < 4.78 is 5.44. The number of methoxy groups -OCH3 is 1. The molecule has 1 N–H and O–H groups in total. The van der Waals surface area contributed by atoms with Gasteiger partial charge in [0.25, 0.3) is 0 Å². The Hall–Kier alpha value is -2.57. The number of ether oxygens (including phenoxy) is 1. The van der Waals surface area contributed by atoms with Gasteiger partial charge in [0, 0.05) is 49.7 Å². The van der Waals surface area contributed by atoms with Crippen molar-refractivity contribution in [3.63, 3.8) is 0 Å². The van der Waals surface area contributed by atoms with Gasteiger partial charge in [-0.05, 0) is 50.8 Å². The first-order chi connectivity index (χ1) is 14.5. The van der Waals surface area contributed by atoms with Crippen molar-refractivity contribution in [3.8, 4) is 5.75 Å². The second-order valence-electron chi connectivity index (χ2n) is 8.00. The van der Waals surface area contributed by atoms with Gasteiger partial charge in [-0.15, -0.1) is 0 Å². The van der Waals surface area contributed by atoms with Crippen LogP contribution in [0.25, 0.3) is 0 Å². The summed E-state index contributed by atoms with van der Waals surface area (Å²) in [7, 11) is 3.62. The summed E-state index contributed by atoms with van der Waals surface area (Å²) >= 11 is 0. The highest BCUT2D eigenvalue weighted by Crippen LogP contribution is 2.22. The maximum Gasteiger partial charge on any atom is 0.238 e. The minimum Gasteiger partial charge on any atom is -0.496 e. The molecule has 0 atom stereocenters. The van der Waals surface area contributed by atoms with Crippen LogP contribution < -0.4 is 15.0 Å². The van der Waals surface area contributed by atoms with Crippen LogP contribution in [-0.4, -0.2) is 69.1 Å². The summed E-state index contributed by atoms with van der Waals surface area (Å²) in [6.45, 7) is 10.7. The number of benzene rings is 2. The van der Waals surface area contributed by atoms with Gasteiger partial charge in [0.1, 0.15) is 5.75 Å². The van der Waals surface area contributed by atoms with Gasteiger partial charge in [0.05, 0.1) is 13.7 Å². The van der Waals surface area contributed by atoms with E-state index in [-0.39, 0.29) is 5.91 Å². The molecule has 0 aromatic heterocycles. The van der Waals surface area contributed by atoms with Crippen LogP contribution in [0.2, 0.25) is 0 Å². The molecule has 0 bridgehead atoms. The van der Waals surface area contributed by atoms with Gasteiger partial charge in [-0.3, -0.25) is 9.69 Å². The summed E-state index contributed by atoms with van der Waals surface area (Å²) in [5.41, 5.74) is 4.31. The average Bonchev–Trinajstić information content (AvgIpc) is 2.74. The average molecular weight is 411 g/mol. The van der Waals surface area contributed by atoms with E-state index in [2.05, 4.69) is 47.2 Å². The van der Waals surface area contributed by atoms with Gasteiger partial charge in [-0.1, -0.05) is 24.6 Å². The molecule has 1 fully saturated rings. The first-order valence-electron chi connectivity index (χ1n) is 10.7. The van der Waals surface area contributed by atoms with Gasteiger partial charge < -0.3 is 19.9 Å². The second kappa shape index (κ2) is 10.5. The number of nitrogens with one attached hydrogen (secondary N) is 1. The molecule has 0 unspecified atom stereocenters. The quantitative estimate of drug-likeness (QED) is 0.724. The van der Waals surface area contributed by atoms with Crippen LogP contribution >= 0.6 is 0 Å². The lowest BCUT2D eigenvalue weighted by molar-refractivity contribution is -0.117. The molecular weight excluding hydrogens is 376 g/mol. The van der Waals surface area contributed by atoms with Crippen molar-refractivity contribution in [3.05, 3.63) is 53.6 Å². The standard InChI is InChI=1S/C24H34N4O2/c1-5-27-12-14-28(15-13-27)22-9-7-21(8-10-22)25-24(29)18-26(3)17-20-16-19(2)6-11-23(20)30-4/h6-11,16H,5,12-15,17-18H2,1-4H3,(H,25,29). The van der Waals surface area contributed by atoms with Crippen molar-refractivity contribution in [2.45, 2.75) is 20.4 Å². The van der Waals surface area contributed by atoms with E-state index in [1.807, 2.05) is 36.2 Å². The Morgan fingerprint density at radius 2 is 1.80 bits per heavy atom.